The molecule has 43 heavy (non-hydrogen) atoms. The maximum absolute atomic E-state index is 13.8. The third-order valence-electron chi connectivity index (χ3n) is 9.61. The van der Waals surface area contributed by atoms with Crippen LogP contribution in [0.3, 0.4) is 0 Å². The fraction of sp³-hybridized carbons (Fsp3) is 0.556. The van der Waals surface area contributed by atoms with Gasteiger partial charge in [-0.15, -0.1) is 0 Å². The number of carboxylic acids is 1. The molecule has 1 saturated carbocycles. The number of piperidine rings is 1. The van der Waals surface area contributed by atoms with Crippen molar-refractivity contribution in [2.75, 3.05) is 26.7 Å². The van der Waals surface area contributed by atoms with Crippen LogP contribution in [0.25, 0.3) is 0 Å². The first-order valence-corrected chi connectivity index (χ1v) is 16.3. The van der Waals surface area contributed by atoms with Crippen molar-refractivity contribution in [3.63, 3.8) is 0 Å². The summed E-state index contributed by atoms with van der Waals surface area (Å²) in [5, 5.41) is 16.3. The SMILES string of the molecule is CCC(C)C(NC)C(=O)O.CCn1nc(Cc2ccccc2)cc1C1CCN(CC2CCC[C@@H]2c2cccc(F)c2)CC1. The lowest BCUT2D eigenvalue weighted by Crippen LogP contribution is -2.39. The summed E-state index contributed by atoms with van der Waals surface area (Å²) in [5.74, 6) is 1.10. The van der Waals surface area contributed by atoms with Gasteiger partial charge in [0.15, 0.2) is 0 Å². The van der Waals surface area contributed by atoms with Gasteiger partial charge in [-0.25, -0.2) is 4.39 Å². The van der Waals surface area contributed by atoms with E-state index in [1.54, 1.807) is 19.2 Å². The second-order valence-electron chi connectivity index (χ2n) is 12.5. The molecule has 0 spiro atoms. The maximum Gasteiger partial charge on any atom is 0.320 e. The Bertz CT molecular complexity index is 1270. The molecule has 234 valence electrons. The van der Waals surface area contributed by atoms with Crippen LogP contribution in [0.2, 0.25) is 0 Å². The fourth-order valence-electron chi connectivity index (χ4n) is 7.02. The van der Waals surface area contributed by atoms with Crippen molar-refractivity contribution >= 4 is 5.97 Å². The lowest BCUT2D eigenvalue weighted by atomic mass is 9.87. The lowest BCUT2D eigenvalue weighted by molar-refractivity contribution is -0.140. The molecule has 7 heteroatoms. The summed E-state index contributed by atoms with van der Waals surface area (Å²) in [6, 6.07) is 19.9. The number of hydrogen-bond donors (Lipinski definition) is 2. The van der Waals surface area contributed by atoms with Crippen LogP contribution in [0.5, 0.6) is 0 Å². The van der Waals surface area contributed by atoms with Gasteiger partial charge in [0.05, 0.1) is 5.69 Å². The summed E-state index contributed by atoms with van der Waals surface area (Å²) in [7, 11) is 1.67. The topological polar surface area (TPSA) is 70.4 Å². The first kappa shape index (κ1) is 32.9. The summed E-state index contributed by atoms with van der Waals surface area (Å²) < 4.78 is 16.0. The van der Waals surface area contributed by atoms with E-state index in [1.165, 1.54) is 54.6 Å². The minimum Gasteiger partial charge on any atom is -0.480 e. The Balaban J connectivity index is 0.000000365. The predicted molar refractivity (Wildman–Crippen MR) is 172 cm³/mol. The zero-order valence-electron chi connectivity index (χ0n) is 26.5. The molecule has 1 aliphatic carbocycles. The number of rotatable bonds is 11. The molecule has 3 aromatic rings. The first-order valence-electron chi connectivity index (χ1n) is 16.3. The van der Waals surface area contributed by atoms with E-state index >= 15 is 0 Å². The minimum atomic E-state index is -0.767. The van der Waals surface area contributed by atoms with Gasteiger partial charge < -0.3 is 15.3 Å². The van der Waals surface area contributed by atoms with Crippen LogP contribution in [0.4, 0.5) is 4.39 Å². The number of likely N-dealkylation sites (tertiary alicyclic amines) is 1. The Morgan fingerprint density at radius 2 is 1.79 bits per heavy atom. The largest absolute Gasteiger partial charge is 0.480 e. The van der Waals surface area contributed by atoms with Gasteiger partial charge in [-0.05, 0) is 99.8 Å². The molecule has 2 N–H and O–H groups in total. The standard InChI is InChI=1S/C29H36FN3.C7H15NO2/c1-2-33-29(20-27(31-33)18-22-8-4-3-5-9-22)23-14-16-32(17-15-23)21-25-11-7-13-28(25)24-10-6-12-26(30)19-24;1-4-5(2)6(8-3)7(9)10/h3-6,8-10,12,19-20,23,25,28H,2,7,11,13-18,21H2,1H3;5-6,8H,4H2,1-3H3,(H,9,10)/t25?,28-;/m1./s1. The van der Waals surface area contributed by atoms with Crippen molar-refractivity contribution in [2.24, 2.45) is 11.8 Å². The number of nitrogens with zero attached hydrogens (tertiary/aromatic N) is 3. The normalized spacial score (nSPS) is 20.8. The van der Waals surface area contributed by atoms with Crippen molar-refractivity contribution in [3.05, 3.63) is 89.0 Å². The number of hydrogen-bond acceptors (Lipinski definition) is 4. The van der Waals surface area contributed by atoms with Gasteiger partial charge in [-0.1, -0.05) is 69.2 Å². The summed E-state index contributed by atoms with van der Waals surface area (Å²) in [6.45, 7) is 10.5. The Morgan fingerprint density at radius 3 is 2.40 bits per heavy atom. The van der Waals surface area contributed by atoms with Crippen LogP contribution in [0, 0.1) is 17.7 Å². The van der Waals surface area contributed by atoms with E-state index in [1.807, 2.05) is 19.9 Å². The van der Waals surface area contributed by atoms with E-state index in [0.717, 1.165) is 39.0 Å². The van der Waals surface area contributed by atoms with Gasteiger partial charge >= 0.3 is 5.97 Å². The van der Waals surface area contributed by atoms with Gasteiger partial charge in [-0.3, -0.25) is 9.48 Å². The van der Waals surface area contributed by atoms with Crippen molar-refractivity contribution in [2.45, 2.75) is 90.1 Å². The number of aliphatic carboxylic acids is 1. The Morgan fingerprint density at radius 1 is 1.05 bits per heavy atom. The molecule has 0 amide bonds. The first-order chi connectivity index (χ1) is 20.8. The molecular formula is C36H51FN4O2. The van der Waals surface area contributed by atoms with Crippen LogP contribution in [-0.2, 0) is 17.8 Å². The quantitative estimate of drug-likeness (QED) is 0.249. The Kier molecular flexibility index (Phi) is 12.4. The summed E-state index contributed by atoms with van der Waals surface area (Å²) in [5.41, 5.74) is 5.13. The molecule has 2 aliphatic rings. The van der Waals surface area contributed by atoms with Crippen LogP contribution in [-0.4, -0.2) is 58.5 Å². The molecular weight excluding hydrogens is 539 g/mol. The minimum absolute atomic E-state index is 0.0990. The number of halogens is 1. The van der Waals surface area contributed by atoms with Crippen LogP contribution < -0.4 is 5.32 Å². The maximum atomic E-state index is 13.8. The van der Waals surface area contributed by atoms with Crippen LogP contribution >= 0.6 is 0 Å². The van der Waals surface area contributed by atoms with Gasteiger partial charge in [0.1, 0.15) is 11.9 Å². The smallest absolute Gasteiger partial charge is 0.320 e. The zero-order chi connectivity index (χ0) is 30.8. The highest BCUT2D eigenvalue weighted by molar-refractivity contribution is 5.73. The molecule has 1 aliphatic heterocycles. The summed E-state index contributed by atoms with van der Waals surface area (Å²) >= 11 is 0. The van der Waals surface area contributed by atoms with Gasteiger partial charge in [-0.2, -0.15) is 5.10 Å². The average Bonchev–Trinajstić information content (AvgIpc) is 3.65. The molecule has 0 radical (unpaired) electrons. The van der Waals surface area contributed by atoms with E-state index in [9.17, 15) is 9.18 Å². The van der Waals surface area contributed by atoms with Gasteiger partial charge in [0.2, 0.25) is 0 Å². The van der Waals surface area contributed by atoms with E-state index in [0.29, 0.717) is 17.8 Å². The summed E-state index contributed by atoms with van der Waals surface area (Å²) in [4.78, 5) is 13.1. The zero-order valence-corrected chi connectivity index (χ0v) is 26.5. The Labute approximate surface area is 257 Å². The summed E-state index contributed by atoms with van der Waals surface area (Å²) in [6.07, 6.45) is 7.93. The fourth-order valence-corrected chi connectivity index (χ4v) is 7.02. The molecule has 4 atom stereocenters. The van der Waals surface area contributed by atoms with Crippen molar-refractivity contribution in [3.8, 4) is 0 Å². The second kappa shape index (κ2) is 16.2. The van der Waals surface area contributed by atoms with Crippen molar-refractivity contribution in [1.29, 1.82) is 0 Å². The number of likely N-dealkylation sites (N-methyl/N-ethyl adjacent to an activating group) is 1. The molecule has 3 unspecified atom stereocenters. The van der Waals surface area contributed by atoms with Gasteiger partial charge in [0, 0.05) is 31.1 Å². The number of benzene rings is 2. The van der Waals surface area contributed by atoms with E-state index in [4.69, 9.17) is 10.2 Å². The number of aromatic nitrogens is 2. The Hall–Kier alpha value is -3.03. The molecule has 2 fully saturated rings. The molecule has 1 aromatic heterocycles. The lowest BCUT2D eigenvalue weighted by Gasteiger charge is -2.35. The van der Waals surface area contributed by atoms with Crippen LogP contribution in [0.1, 0.15) is 93.6 Å². The van der Waals surface area contributed by atoms with E-state index < -0.39 is 12.0 Å². The third kappa shape index (κ3) is 8.99. The second-order valence-corrected chi connectivity index (χ2v) is 12.5. The predicted octanol–water partition coefficient (Wildman–Crippen LogP) is 7.10. The highest BCUT2D eigenvalue weighted by atomic mass is 19.1. The van der Waals surface area contributed by atoms with Gasteiger partial charge in [0.25, 0.3) is 0 Å². The third-order valence-corrected chi connectivity index (χ3v) is 9.61. The number of aryl methyl sites for hydroxylation is 1. The number of carbonyl (C=O) groups is 1. The van der Waals surface area contributed by atoms with Crippen molar-refractivity contribution in [1.82, 2.24) is 20.0 Å². The van der Waals surface area contributed by atoms with Crippen LogP contribution in [0.15, 0.2) is 60.7 Å². The number of nitrogens with one attached hydrogen (secondary N) is 1. The van der Waals surface area contributed by atoms with E-state index in [-0.39, 0.29) is 11.7 Å². The molecule has 2 aromatic carbocycles. The average molecular weight is 591 g/mol. The van der Waals surface area contributed by atoms with E-state index in [2.05, 4.69) is 64.3 Å². The van der Waals surface area contributed by atoms with Crippen molar-refractivity contribution < 1.29 is 14.3 Å². The highest BCUT2D eigenvalue weighted by Gasteiger charge is 2.32. The monoisotopic (exact) mass is 590 g/mol. The number of carboxylic acid groups (broad SMARTS) is 1. The highest BCUT2D eigenvalue weighted by Crippen LogP contribution is 2.41. The molecule has 1 saturated heterocycles. The molecule has 5 rings (SSSR count). The molecule has 6 nitrogen and oxygen atoms in total. The molecule has 2 heterocycles. The molecule has 0 bridgehead atoms.